The van der Waals surface area contributed by atoms with Gasteiger partial charge in [-0.05, 0) is 26.1 Å². The van der Waals surface area contributed by atoms with Crippen molar-refractivity contribution in [3.63, 3.8) is 0 Å². The zero-order chi connectivity index (χ0) is 9.14. The quantitative estimate of drug-likeness (QED) is 0.817. The summed E-state index contributed by atoms with van der Waals surface area (Å²) in [5.41, 5.74) is 0.903. The van der Waals surface area contributed by atoms with Crippen LogP contribution in [0.2, 0.25) is 0 Å². The van der Waals surface area contributed by atoms with E-state index < -0.39 is 0 Å². The fourth-order valence-corrected chi connectivity index (χ4v) is 1.80. The van der Waals surface area contributed by atoms with Gasteiger partial charge in [0.05, 0.1) is 0 Å². The second kappa shape index (κ2) is 3.92. The van der Waals surface area contributed by atoms with Crippen molar-refractivity contribution in [3.05, 3.63) is 28.2 Å². The molecule has 12 heavy (non-hydrogen) atoms. The number of hydrogen-bond acceptors (Lipinski definition) is 2. The molecule has 0 bridgehead atoms. The maximum Gasteiger partial charge on any atom is 0.121 e. The van der Waals surface area contributed by atoms with E-state index in [4.69, 9.17) is 0 Å². The molecule has 0 fully saturated rings. The predicted octanol–water partition coefficient (Wildman–Crippen LogP) is 2.44. The molecule has 1 unspecified atom stereocenters. The molecule has 0 aromatic heterocycles. The number of halogens is 1. The number of phenolic OH excluding ortho intramolecular Hbond substituents is 1. The van der Waals surface area contributed by atoms with Crippen LogP contribution in [-0.2, 0) is 0 Å². The molecule has 0 heterocycles. The molecule has 0 aliphatic heterocycles. The highest BCUT2D eigenvalue weighted by molar-refractivity contribution is 9.10. The first-order valence-electron chi connectivity index (χ1n) is 3.81. The van der Waals surface area contributed by atoms with Crippen molar-refractivity contribution < 1.29 is 5.11 Å². The average molecular weight is 230 g/mol. The Labute approximate surface area is 80.7 Å². The van der Waals surface area contributed by atoms with Gasteiger partial charge in [-0.25, -0.2) is 0 Å². The maximum atomic E-state index is 9.52. The van der Waals surface area contributed by atoms with Crippen molar-refractivity contribution >= 4 is 15.9 Å². The van der Waals surface area contributed by atoms with E-state index in [0.29, 0.717) is 5.75 Å². The van der Waals surface area contributed by atoms with Gasteiger partial charge in [-0.1, -0.05) is 22.0 Å². The molecular weight excluding hydrogens is 218 g/mol. The first kappa shape index (κ1) is 9.55. The Hall–Kier alpha value is -0.540. The fourth-order valence-electron chi connectivity index (χ4n) is 1.10. The molecule has 1 rings (SSSR count). The topological polar surface area (TPSA) is 32.3 Å². The summed E-state index contributed by atoms with van der Waals surface area (Å²) in [6.45, 7) is 2.00. The molecule has 2 nitrogen and oxygen atoms in total. The van der Waals surface area contributed by atoms with Gasteiger partial charge in [-0.2, -0.15) is 0 Å². The lowest BCUT2D eigenvalue weighted by Crippen LogP contribution is -2.12. The van der Waals surface area contributed by atoms with Gasteiger partial charge in [0.15, 0.2) is 0 Å². The van der Waals surface area contributed by atoms with Gasteiger partial charge < -0.3 is 10.4 Å². The minimum absolute atomic E-state index is 0.153. The van der Waals surface area contributed by atoms with Crippen LogP contribution in [0.4, 0.5) is 0 Å². The lowest BCUT2D eigenvalue weighted by atomic mass is 10.1. The van der Waals surface area contributed by atoms with Crippen LogP contribution < -0.4 is 5.32 Å². The summed E-state index contributed by atoms with van der Waals surface area (Å²) in [6.07, 6.45) is 0. The highest BCUT2D eigenvalue weighted by atomic mass is 79.9. The van der Waals surface area contributed by atoms with Gasteiger partial charge in [0.2, 0.25) is 0 Å². The van der Waals surface area contributed by atoms with Crippen LogP contribution in [0, 0.1) is 0 Å². The Morgan fingerprint density at radius 3 is 2.67 bits per heavy atom. The van der Waals surface area contributed by atoms with Gasteiger partial charge >= 0.3 is 0 Å². The van der Waals surface area contributed by atoms with Crippen LogP contribution in [0.15, 0.2) is 22.7 Å². The molecule has 1 atom stereocenters. The van der Waals surface area contributed by atoms with Gasteiger partial charge in [-0.15, -0.1) is 0 Å². The maximum absolute atomic E-state index is 9.52. The molecule has 3 heteroatoms. The van der Waals surface area contributed by atoms with E-state index in [1.165, 1.54) is 0 Å². The van der Waals surface area contributed by atoms with Gasteiger partial charge in [0, 0.05) is 16.1 Å². The number of hydrogen-bond donors (Lipinski definition) is 2. The van der Waals surface area contributed by atoms with E-state index >= 15 is 0 Å². The molecule has 0 saturated carbocycles. The summed E-state index contributed by atoms with van der Waals surface area (Å²) in [5.74, 6) is 0.325. The molecule has 1 aromatic rings. The van der Waals surface area contributed by atoms with Crippen LogP contribution in [0.1, 0.15) is 18.5 Å². The van der Waals surface area contributed by atoms with Crippen molar-refractivity contribution in [1.29, 1.82) is 0 Å². The second-order valence-corrected chi connectivity index (χ2v) is 3.54. The van der Waals surface area contributed by atoms with E-state index in [2.05, 4.69) is 21.2 Å². The third-order valence-electron chi connectivity index (χ3n) is 1.90. The SMILES string of the molecule is CNC(C)c1c(O)cccc1Br. The number of aromatic hydroxyl groups is 1. The van der Waals surface area contributed by atoms with Crippen molar-refractivity contribution in [2.75, 3.05) is 7.05 Å². The van der Waals surface area contributed by atoms with Crippen molar-refractivity contribution in [2.24, 2.45) is 0 Å². The minimum Gasteiger partial charge on any atom is -0.508 e. The van der Waals surface area contributed by atoms with Crippen LogP contribution >= 0.6 is 15.9 Å². The monoisotopic (exact) mass is 229 g/mol. The summed E-state index contributed by atoms with van der Waals surface area (Å²) in [6, 6.07) is 5.57. The summed E-state index contributed by atoms with van der Waals surface area (Å²) >= 11 is 3.39. The third-order valence-corrected chi connectivity index (χ3v) is 2.59. The minimum atomic E-state index is 0.153. The Balaban J connectivity index is 3.12. The lowest BCUT2D eigenvalue weighted by molar-refractivity contribution is 0.457. The standard InChI is InChI=1S/C9H12BrNO/c1-6(11-2)9-7(10)4-3-5-8(9)12/h3-6,11-12H,1-2H3. The molecule has 0 aliphatic rings. The first-order chi connectivity index (χ1) is 5.66. The normalized spacial score (nSPS) is 12.9. The molecule has 0 aliphatic carbocycles. The molecule has 0 amide bonds. The number of phenols is 1. The Bertz CT molecular complexity index is 255. The van der Waals surface area contributed by atoms with Crippen LogP contribution in [0.5, 0.6) is 5.75 Å². The lowest BCUT2D eigenvalue weighted by Gasteiger charge is -2.13. The predicted molar refractivity (Wildman–Crippen MR) is 53.3 cm³/mol. The number of rotatable bonds is 2. The van der Waals surface area contributed by atoms with Crippen LogP contribution in [0.25, 0.3) is 0 Å². The molecule has 0 spiro atoms. The fraction of sp³-hybridized carbons (Fsp3) is 0.333. The summed E-state index contributed by atoms with van der Waals surface area (Å²) in [5, 5.41) is 12.6. The summed E-state index contributed by atoms with van der Waals surface area (Å²) in [7, 11) is 1.86. The highest BCUT2D eigenvalue weighted by Gasteiger charge is 2.10. The Kier molecular flexibility index (Phi) is 3.12. The van der Waals surface area contributed by atoms with Gasteiger partial charge in [-0.3, -0.25) is 0 Å². The second-order valence-electron chi connectivity index (χ2n) is 2.68. The van der Waals surface area contributed by atoms with Gasteiger partial charge in [0.25, 0.3) is 0 Å². The molecule has 0 radical (unpaired) electrons. The molecule has 0 saturated heterocycles. The molecule has 66 valence electrons. The largest absolute Gasteiger partial charge is 0.508 e. The zero-order valence-electron chi connectivity index (χ0n) is 7.13. The van der Waals surface area contributed by atoms with Crippen LogP contribution in [-0.4, -0.2) is 12.2 Å². The first-order valence-corrected chi connectivity index (χ1v) is 4.60. The zero-order valence-corrected chi connectivity index (χ0v) is 8.72. The summed E-state index contributed by atoms with van der Waals surface area (Å²) < 4.78 is 0.935. The number of nitrogens with one attached hydrogen (secondary N) is 1. The van der Waals surface area contributed by atoms with Crippen molar-refractivity contribution in [3.8, 4) is 5.75 Å². The average Bonchev–Trinajstić information content (AvgIpc) is 2.03. The third kappa shape index (κ3) is 1.79. The molecule has 1 aromatic carbocycles. The van der Waals surface area contributed by atoms with E-state index in [-0.39, 0.29) is 6.04 Å². The smallest absolute Gasteiger partial charge is 0.121 e. The van der Waals surface area contributed by atoms with Gasteiger partial charge in [0.1, 0.15) is 5.75 Å². The van der Waals surface area contributed by atoms with E-state index in [9.17, 15) is 5.11 Å². The Morgan fingerprint density at radius 2 is 2.17 bits per heavy atom. The van der Waals surface area contributed by atoms with E-state index in [1.807, 2.05) is 26.1 Å². The Morgan fingerprint density at radius 1 is 1.50 bits per heavy atom. The molecule has 2 N–H and O–H groups in total. The van der Waals surface area contributed by atoms with Crippen LogP contribution in [0.3, 0.4) is 0 Å². The summed E-state index contributed by atoms with van der Waals surface area (Å²) in [4.78, 5) is 0. The van der Waals surface area contributed by atoms with Crippen molar-refractivity contribution in [2.45, 2.75) is 13.0 Å². The van der Waals surface area contributed by atoms with Crippen molar-refractivity contribution in [1.82, 2.24) is 5.32 Å². The van der Waals surface area contributed by atoms with E-state index in [0.717, 1.165) is 10.0 Å². The van der Waals surface area contributed by atoms with E-state index in [1.54, 1.807) is 6.07 Å². The highest BCUT2D eigenvalue weighted by Crippen LogP contribution is 2.30. The molecular formula is C9H12BrNO. The number of benzene rings is 1.